The lowest BCUT2D eigenvalue weighted by Gasteiger charge is -2.26. The monoisotopic (exact) mass is 360 g/mol. The number of pyridine rings is 2. The predicted molar refractivity (Wildman–Crippen MR) is 103 cm³/mol. The Morgan fingerprint density at radius 2 is 1.89 bits per heavy atom. The number of nitrogens with one attached hydrogen (secondary N) is 1. The summed E-state index contributed by atoms with van der Waals surface area (Å²) in [6, 6.07) is 10.1. The van der Waals surface area contributed by atoms with Gasteiger partial charge in [0.15, 0.2) is 0 Å². The molecule has 4 heterocycles. The molecule has 1 aliphatic carbocycles. The molecule has 0 aromatic carbocycles. The van der Waals surface area contributed by atoms with E-state index in [-0.39, 0.29) is 6.10 Å². The number of aliphatic hydroxyl groups excluding tert-OH is 1. The van der Waals surface area contributed by atoms with Crippen molar-refractivity contribution in [2.24, 2.45) is 0 Å². The van der Waals surface area contributed by atoms with Gasteiger partial charge in [0.25, 0.3) is 0 Å². The average molecular weight is 360 g/mol. The third-order valence-electron chi connectivity index (χ3n) is 5.18. The van der Waals surface area contributed by atoms with E-state index in [0.29, 0.717) is 12.0 Å². The Kier molecular flexibility index (Phi) is 3.94. The highest BCUT2D eigenvalue weighted by Gasteiger charge is 2.20. The summed E-state index contributed by atoms with van der Waals surface area (Å²) in [5.74, 6) is 0.613. The largest absolute Gasteiger partial charge is 0.393 e. The average Bonchev–Trinajstić information content (AvgIpc) is 3.12. The highest BCUT2D eigenvalue weighted by atomic mass is 16.3. The summed E-state index contributed by atoms with van der Waals surface area (Å²) in [6.07, 6.45) is 8.90. The quantitative estimate of drug-likeness (QED) is 0.584. The van der Waals surface area contributed by atoms with Crippen molar-refractivity contribution in [1.82, 2.24) is 24.6 Å². The molecule has 0 amide bonds. The van der Waals surface area contributed by atoms with E-state index < -0.39 is 0 Å². The molecule has 4 aromatic heterocycles. The van der Waals surface area contributed by atoms with Crippen LogP contribution >= 0.6 is 0 Å². The van der Waals surface area contributed by atoms with Crippen LogP contribution in [0.5, 0.6) is 0 Å². The van der Waals surface area contributed by atoms with Gasteiger partial charge in [0.1, 0.15) is 0 Å². The molecule has 1 fully saturated rings. The second-order valence-corrected chi connectivity index (χ2v) is 7.03. The molecule has 1 aliphatic rings. The van der Waals surface area contributed by atoms with Crippen molar-refractivity contribution in [2.75, 3.05) is 5.32 Å². The normalized spacial score (nSPS) is 20.2. The second kappa shape index (κ2) is 6.59. The molecule has 0 bridgehead atoms. The van der Waals surface area contributed by atoms with E-state index in [9.17, 15) is 5.11 Å². The number of nitrogens with zero attached hydrogens (tertiary/aromatic N) is 5. The molecule has 0 radical (unpaired) electrons. The van der Waals surface area contributed by atoms with Crippen molar-refractivity contribution >= 4 is 22.5 Å². The predicted octanol–water partition coefficient (Wildman–Crippen LogP) is 3.05. The Labute approximate surface area is 156 Å². The number of fused-ring (bicyclic) bond motifs is 2. The fourth-order valence-corrected chi connectivity index (χ4v) is 3.69. The molecule has 136 valence electrons. The zero-order chi connectivity index (χ0) is 18.2. The zero-order valence-corrected chi connectivity index (χ0v) is 14.8. The molecule has 4 aromatic rings. The van der Waals surface area contributed by atoms with Gasteiger partial charge >= 0.3 is 0 Å². The summed E-state index contributed by atoms with van der Waals surface area (Å²) < 4.78 is 1.83. The molecule has 1 saturated carbocycles. The molecule has 0 saturated heterocycles. The summed E-state index contributed by atoms with van der Waals surface area (Å²) in [7, 11) is 0. The maximum atomic E-state index is 9.64. The van der Waals surface area contributed by atoms with Crippen molar-refractivity contribution in [3.05, 3.63) is 48.9 Å². The van der Waals surface area contributed by atoms with Gasteiger partial charge in [-0.05, 0) is 56.0 Å². The van der Waals surface area contributed by atoms with Crippen molar-refractivity contribution in [3.8, 4) is 11.3 Å². The number of rotatable bonds is 3. The van der Waals surface area contributed by atoms with Gasteiger partial charge in [-0.2, -0.15) is 0 Å². The first-order chi connectivity index (χ1) is 13.3. The van der Waals surface area contributed by atoms with Crippen LogP contribution < -0.4 is 5.32 Å². The van der Waals surface area contributed by atoms with Gasteiger partial charge in [-0.3, -0.25) is 4.98 Å². The fraction of sp³-hybridized carbons (Fsp3) is 0.300. The van der Waals surface area contributed by atoms with E-state index in [1.54, 1.807) is 6.20 Å². The highest BCUT2D eigenvalue weighted by molar-refractivity contribution is 5.83. The number of aliphatic hydroxyl groups is 1. The first-order valence-corrected chi connectivity index (χ1v) is 9.27. The third kappa shape index (κ3) is 3.10. The zero-order valence-electron chi connectivity index (χ0n) is 14.8. The summed E-state index contributed by atoms with van der Waals surface area (Å²) in [5.41, 5.74) is 4.53. The molecule has 0 spiro atoms. The van der Waals surface area contributed by atoms with Gasteiger partial charge < -0.3 is 10.4 Å². The van der Waals surface area contributed by atoms with Crippen LogP contribution in [0.25, 0.3) is 27.8 Å². The Morgan fingerprint density at radius 3 is 2.78 bits per heavy atom. The Hall–Kier alpha value is -3.06. The summed E-state index contributed by atoms with van der Waals surface area (Å²) in [5, 5.41) is 17.6. The highest BCUT2D eigenvalue weighted by Crippen LogP contribution is 2.26. The molecular weight excluding hydrogens is 340 g/mol. The van der Waals surface area contributed by atoms with Gasteiger partial charge in [-0.25, -0.2) is 14.5 Å². The Morgan fingerprint density at radius 1 is 1.00 bits per heavy atom. The minimum absolute atomic E-state index is 0.164. The van der Waals surface area contributed by atoms with Crippen molar-refractivity contribution < 1.29 is 5.11 Å². The smallest absolute Gasteiger partial charge is 0.241 e. The van der Waals surface area contributed by atoms with Crippen LogP contribution in [0.4, 0.5) is 5.95 Å². The molecule has 27 heavy (non-hydrogen) atoms. The molecule has 0 unspecified atom stereocenters. The maximum Gasteiger partial charge on any atom is 0.241 e. The molecule has 7 nitrogen and oxygen atoms in total. The van der Waals surface area contributed by atoms with Crippen LogP contribution in [-0.4, -0.2) is 41.8 Å². The number of hydrogen-bond acceptors (Lipinski definition) is 6. The van der Waals surface area contributed by atoms with E-state index in [1.165, 1.54) is 0 Å². The Bertz CT molecular complexity index is 1100. The lowest BCUT2D eigenvalue weighted by molar-refractivity contribution is 0.126. The molecule has 0 atom stereocenters. The number of aromatic nitrogens is 5. The van der Waals surface area contributed by atoms with Gasteiger partial charge in [0, 0.05) is 24.0 Å². The summed E-state index contributed by atoms with van der Waals surface area (Å²) in [4.78, 5) is 13.5. The van der Waals surface area contributed by atoms with Crippen LogP contribution in [0.2, 0.25) is 0 Å². The summed E-state index contributed by atoms with van der Waals surface area (Å²) in [6.45, 7) is 0. The third-order valence-corrected chi connectivity index (χ3v) is 5.18. The lowest BCUT2D eigenvalue weighted by atomic mass is 9.93. The Balaban J connectivity index is 1.44. The topological polar surface area (TPSA) is 88.2 Å². The summed E-state index contributed by atoms with van der Waals surface area (Å²) >= 11 is 0. The first kappa shape index (κ1) is 16.1. The van der Waals surface area contributed by atoms with Crippen LogP contribution in [-0.2, 0) is 0 Å². The van der Waals surface area contributed by atoms with Crippen LogP contribution in [0.3, 0.4) is 0 Å². The van der Waals surface area contributed by atoms with Gasteiger partial charge in [0.2, 0.25) is 5.95 Å². The first-order valence-electron chi connectivity index (χ1n) is 9.27. The molecular formula is C20H20N6O. The van der Waals surface area contributed by atoms with Crippen molar-refractivity contribution in [3.63, 3.8) is 0 Å². The maximum absolute atomic E-state index is 9.64. The molecule has 0 aliphatic heterocycles. The number of anilines is 1. The van der Waals surface area contributed by atoms with Gasteiger partial charge in [-0.15, -0.1) is 5.10 Å². The molecule has 2 N–H and O–H groups in total. The SMILES string of the molecule is OC1CCC(Nc2ncc3c(-c4ccc5ncccc5n4)ccn3n2)CC1. The van der Waals surface area contributed by atoms with E-state index in [4.69, 9.17) is 4.98 Å². The van der Waals surface area contributed by atoms with Crippen molar-refractivity contribution in [2.45, 2.75) is 37.8 Å². The molecule has 7 heteroatoms. The van der Waals surface area contributed by atoms with Crippen molar-refractivity contribution in [1.29, 1.82) is 0 Å². The fourth-order valence-electron chi connectivity index (χ4n) is 3.69. The van der Waals surface area contributed by atoms with Crippen LogP contribution in [0.1, 0.15) is 25.7 Å². The van der Waals surface area contributed by atoms with E-state index in [2.05, 4.69) is 20.4 Å². The van der Waals surface area contributed by atoms with Gasteiger partial charge in [0.05, 0.1) is 34.5 Å². The lowest BCUT2D eigenvalue weighted by Crippen LogP contribution is -2.29. The van der Waals surface area contributed by atoms with E-state index >= 15 is 0 Å². The van der Waals surface area contributed by atoms with Crippen LogP contribution in [0, 0.1) is 0 Å². The number of hydrogen-bond donors (Lipinski definition) is 2. The minimum Gasteiger partial charge on any atom is -0.393 e. The standard InChI is InChI=1S/C20H20N6O/c27-14-5-3-13(4-6-14)23-20-22-12-19-15(9-11-26(19)25-20)16-7-8-17-18(24-16)2-1-10-21-17/h1-2,7-14,27H,3-6H2,(H,23,25). The second-order valence-electron chi connectivity index (χ2n) is 7.03. The minimum atomic E-state index is -0.164. The van der Waals surface area contributed by atoms with Crippen LogP contribution in [0.15, 0.2) is 48.9 Å². The van der Waals surface area contributed by atoms with E-state index in [1.807, 2.05) is 47.2 Å². The molecule has 5 rings (SSSR count). The van der Waals surface area contributed by atoms with E-state index in [0.717, 1.165) is 53.5 Å². The van der Waals surface area contributed by atoms with Gasteiger partial charge in [-0.1, -0.05) is 0 Å².